The van der Waals surface area contributed by atoms with E-state index in [-0.39, 0.29) is 24.5 Å². The van der Waals surface area contributed by atoms with Crippen LogP contribution in [0.5, 0.6) is 11.5 Å². The van der Waals surface area contributed by atoms with Crippen LogP contribution < -0.4 is 19.7 Å². The Balaban J connectivity index is 1.30. The number of hydrogen-bond donors (Lipinski definition) is 2. The Hall–Kier alpha value is -4.59. The highest BCUT2D eigenvalue weighted by Crippen LogP contribution is 2.48. The summed E-state index contributed by atoms with van der Waals surface area (Å²) in [5.41, 5.74) is 5.72. The Morgan fingerprint density at radius 2 is 1.59 bits per heavy atom. The Bertz CT molecular complexity index is 1880. The molecule has 3 aliphatic heterocycles. The van der Waals surface area contributed by atoms with E-state index in [0.717, 1.165) is 27.7 Å². The summed E-state index contributed by atoms with van der Waals surface area (Å²) in [4.78, 5) is 33.2. The van der Waals surface area contributed by atoms with E-state index in [4.69, 9.17) is 21.1 Å². The van der Waals surface area contributed by atoms with E-state index in [1.807, 2.05) is 54.6 Å². The molecular formula is C33H24ClN3O4. The van der Waals surface area contributed by atoms with Gasteiger partial charge in [-0.25, -0.2) is 4.90 Å². The summed E-state index contributed by atoms with van der Waals surface area (Å²) in [5.74, 6) is -0.243. The second-order valence-electron chi connectivity index (χ2n) is 10.5. The van der Waals surface area contributed by atoms with Crippen molar-refractivity contribution in [2.75, 3.05) is 18.2 Å². The van der Waals surface area contributed by atoms with Crippen LogP contribution in [0.1, 0.15) is 50.6 Å². The van der Waals surface area contributed by atoms with Gasteiger partial charge in [0.1, 0.15) is 0 Å². The minimum absolute atomic E-state index is 0.0216. The molecule has 4 aromatic carbocycles. The van der Waals surface area contributed by atoms with Crippen molar-refractivity contribution < 1.29 is 19.1 Å². The summed E-state index contributed by atoms with van der Waals surface area (Å²) in [7, 11) is 0. The van der Waals surface area contributed by atoms with Crippen molar-refractivity contribution in [2.24, 2.45) is 0 Å². The van der Waals surface area contributed by atoms with E-state index in [1.165, 1.54) is 4.90 Å². The number of nitrogens with one attached hydrogen (secondary N) is 2. The third-order valence-corrected chi connectivity index (χ3v) is 8.77. The summed E-state index contributed by atoms with van der Waals surface area (Å²) in [5, 5.41) is 5.49. The van der Waals surface area contributed by atoms with E-state index in [2.05, 4.69) is 22.4 Å². The SMILES string of the molecule is O=C1c2ccccc2C(C2NCC(c3ccccc3Cl)c3c2[nH]c2ccccc32)C(=O)N1c1ccc2c(c1)OCO2. The molecule has 5 aromatic rings. The predicted molar refractivity (Wildman–Crippen MR) is 156 cm³/mol. The number of nitrogens with zero attached hydrogens (tertiary/aromatic N) is 1. The minimum atomic E-state index is -0.659. The highest BCUT2D eigenvalue weighted by molar-refractivity contribution is 6.31. The molecule has 202 valence electrons. The molecule has 0 saturated carbocycles. The first-order chi connectivity index (χ1) is 20.1. The van der Waals surface area contributed by atoms with Crippen molar-refractivity contribution in [1.82, 2.24) is 10.3 Å². The van der Waals surface area contributed by atoms with Crippen LogP contribution in [0.2, 0.25) is 5.02 Å². The number of halogens is 1. The summed E-state index contributed by atoms with van der Waals surface area (Å²) < 4.78 is 11.0. The van der Waals surface area contributed by atoms with Crippen LogP contribution in [0, 0.1) is 0 Å². The van der Waals surface area contributed by atoms with Crippen molar-refractivity contribution in [3.05, 3.63) is 124 Å². The number of fused-ring (bicyclic) bond motifs is 5. The van der Waals surface area contributed by atoms with Crippen LogP contribution in [-0.4, -0.2) is 30.1 Å². The summed E-state index contributed by atoms with van der Waals surface area (Å²) in [6.07, 6.45) is 0. The lowest BCUT2D eigenvalue weighted by Gasteiger charge is -2.40. The first-order valence-electron chi connectivity index (χ1n) is 13.6. The first kappa shape index (κ1) is 24.2. The zero-order valence-corrected chi connectivity index (χ0v) is 22.5. The largest absolute Gasteiger partial charge is 0.454 e. The van der Waals surface area contributed by atoms with Gasteiger partial charge in [0.15, 0.2) is 11.5 Å². The van der Waals surface area contributed by atoms with Gasteiger partial charge in [0.25, 0.3) is 5.91 Å². The zero-order chi connectivity index (χ0) is 27.7. The smallest absolute Gasteiger partial charge is 0.265 e. The number of rotatable bonds is 3. The fourth-order valence-electron chi connectivity index (χ4n) is 6.61. The standard InChI is InChI=1S/C33H24ClN3O4/c34-24-11-5-3-7-19(24)23-16-35-30(31-28(23)22-10-4-6-12-25(22)36-31)29-20-8-1-2-9-21(20)32(38)37(33(29)39)18-13-14-26-27(15-18)41-17-40-26/h1-15,23,29-30,35-36H,16-17H2. The normalized spacial score (nSPS) is 21.2. The van der Waals surface area contributed by atoms with Crippen molar-refractivity contribution in [1.29, 1.82) is 0 Å². The van der Waals surface area contributed by atoms with Gasteiger partial charge in [-0.3, -0.25) is 9.59 Å². The predicted octanol–water partition coefficient (Wildman–Crippen LogP) is 6.30. The summed E-state index contributed by atoms with van der Waals surface area (Å²) in [6, 6.07) is 28.2. The molecule has 0 bridgehead atoms. The van der Waals surface area contributed by atoms with Gasteiger partial charge in [-0.15, -0.1) is 0 Å². The van der Waals surface area contributed by atoms with Crippen molar-refractivity contribution in [2.45, 2.75) is 17.9 Å². The van der Waals surface area contributed by atoms with Gasteiger partial charge < -0.3 is 19.8 Å². The van der Waals surface area contributed by atoms with Crippen molar-refractivity contribution >= 4 is 40.0 Å². The first-order valence-corrected chi connectivity index (χ1v) is 13.9. The number of para-hydroxylation sites is 1. The van der Waals surface area contributed by atoms with Crippen LogP contribution in [0.15, 0.2) is 91.0 Å². The number of ether oxygens (including phenoxy) is 2. The second-order valence-corrected chi connectivity index (χ2v) is 10.9. The highest BCUT2D eigenvalue weighted by Gasteiger charge is 2.47. The van der Waals surface area contributed by atoms with E-state index in [1.54, 1.807) is 24.3 Å². The van der Waals surface area contributed by atoms with Crippen LogP contribution in [-0.2, 0) is 4.79 Å². The molecule has 3 atom stereocenters. The summed E-state index contributed by atoms with van der Waals surface area (Å²) in [6.45, 7) is 0.682. The Morgan fingerprint density at radius 1 is 0.829 bits per heavy atom. The number of anilines is 1. The lowest BCUT2D eigenvalue weighted by atomic mass is 9.76. The van der Waals surface area contributed by atoms with E-state index in [9.17, 15) is 9.59 Å². The van der Waals surface area contributed by atoms with Gasteiger partial charge in [-0.05, 0) is 47.0 Å². The number of hydrogen-bond acceptors (Lipinski definition) is 5. The number of H-pyrrole nitrogens is 1. The molecule has 3 unspecified atom stereocenters. The van der Waals surface area contributed by atoms with Gasteiger partial charge >= 0.3 is 0 Å². The number of aromatic amines is 1. The van der Waals surface area contributed by atoms with Crippen molar-refractivity contribution in [3.8, 4) is 11.5 Å². The number of benzene rings is 4. The molecule has 2 N–H and O–H groups in total. The monoisotopic (exact) mass is 561 g/mol. The number of imide groups is 1. The van der Waals surface area contributed by atoms with Gasteiger partial charge in [-0.1, -0.05) is 66.2 Å². The molecular weight excluding hydrogens is 538 g/mol. The molecule has 1 aromatic heterocycles. The number of amides is 2. The molecule has 0 saturated heterocycles. The third kappa shape index (κ3) is 3.63. The van der Waals surface area contributed by atoms with E-state index >= 15 is 0 Å². The average Bonchev–Trinajstić information content (AvgIpc) is 3.63. The number of carbonyl (C=O) groups is 2. The average molecular weight is 562 g/mol. The van der Waals surface area contributed by atoms with Gasteiger partial charge in [-0.2, -0.15) is 0 Å². The van der Waals surface area contributed by atoms with Crippen LogP contribution in [0.3, 0.4) is 0 Å². The van der Waals surface area contributed by atoms with Gasteiger partial charge in [0.2, 0.25) is 12.7 Å². The van der Waals surface area contributed by atoms with Crippen LogP contribution in [0.4, 0.5) is 5.69 Å². The molecule has 3 aliphatic rings. The van der Waals surface area contributed by atoms with Crippen LogP contribution in [0.25, 0.3) is 10.9 Å². The molecule has 8 rings (SSSR count). The van der Waals surface area contributed by atoms with Gasteiger partial charge in [0.05, 0.1) is 17.6 Å². The molecule has 7 nitrogen and oxygen atoms in total. The molecule has 41 heavy (non-hydrogen) atoms. The van der Waals surface area contributed by atoms with Crippen molar-refractivity contribution in [3.63, 3.8) is 0 Å². The Morgan fingerprint density at radius 3 is 2.46 bits per heavy atom. The van der Waals surface area contributed by atoms with E-state index < -0.39 is 12.0 Å². The molecule has 8 heteroatoms. The maximum absolute atomic E-state index is 14.5. The highest BCUT2D eigenvalue weighted by atomic mass is 35.5. The van der Waals surface area contributed by atoms with Gasteiger partial charge in [0, 0.05) is 45.7 Å². The molecule has 0 radical (unpaired) electrons. The van der Waals surface area contributed by atoms with Crippen LogP contribution >= 0.6 is 11.6 Å². The maximum Gasteiger partial charge on any atom is 0.265 e. The quantitative estimate of drug-likeness (QED) is 0.253. The second kappa shape index (κ2) is 9.23. The molecule has 0 spiro atoms. The number of aromatic nitrogens is 1. The fraction of sp³-hybridized carbons (Fsp3) is 0.152. The summed E-state index contributed by atoms with van der Waals surface area (Å²) >= 11 is 6.71. The fourth-order valence-corrected chi connectivity index (χ4v) is 6.88. The zero-order valence-electron chi connectivity index (χ0n) is 21.8. The topological polar surface area (TPSA) is 83.7 Å². The Kier molecular flexibility index (Phi) is 5.45. The molecule has 0 aliphatic carbocycles. The lowest BCUT2D eigenvalue weighted by molar-refractivity contribution is -0.120. The van der Waals surface area contributed by atoms with E-state index in [0.29, 0.717) is 39.9 Å². The number of carbonyl (C=O) groups excluding carboxylic acids is 2. The Labute approximate surface area is 240 Å². The molecule has 2 amide bonds. The molecule has 0 fully saturated rings. The maximum atomic E-state index is 14.5. The third-order valence-electron chi connectivity index (χ3n) is 8.42. The molecule has 4 heterocycles. The minimum Gasteiger partial charge on any atom is -0.454 e. The lowest BCUT2D eigenvalue weighted by Crippen LogP contribution is -2.50.